The van der Waals surface area contributed by atoms with Gasteiger partial charge in [0.25, 0.3) is 7.82 Å². The van der Waals surface area contributed by atoms with Crippen LogP contribution < -0.4 is 4.89 Å². The number of nitrogens with zero attached hydrogens (tertiary/aromatic N) is 1. The van der Waals surface area contributed by atoms with Gasteiger partial charge in [-0.15, -0.1) is 0 Å². The Bertz CT molecular complexity index is 874. The molecule has 0 aromatic rings. The zero-order valence-corrected chi connectivity index (χ0v) is 35.0. The maximum absolute atomic E-state index is 12.6. The van der Waals surface area contributed by atoms with Gasteiger partial charge in [-0.2, -0.15) is 0 Å². The quantitative estimate of drug-likeness (QED) is 0.0203. The fourth-order valence-electron chi connectivity index (χ4n) is 5.68. The Hall–Kier alpha value is -1.02. The standard InChI is InChI=1S/C42H82NO7P/c1-6-8-10-12-14-16-18-20-22-24-26-28-30-32-34-37-47-39-41(40-49-51(45,46)48-38-36-43(3,4)5)50-42(44)35-33-31-29-27-25-23-21-19-17-15-13-11-9-7-2/h12,14,18,20,41H,6-11,13,15-17,19,21-40H2,1-5H3/b14-12-,20-18-. The van der Waals surface area contributed by atoms with Crippen molar-refractivity contribution in [2.45, 2.75) is 187 Å². The summed E-state index contributed by atoms with van der Waals surface area (Å²) in [6.07, 6.45) is 38.9. The van der Waals surface area contributed by atoms with Gasteiger partial charge in [-0.25, -0.2) is 0 Å². The second-order valence-electron chi connectivity index (χ2n) is 15.4. The van der Waals surface area contributed by atoms with E-state index in [2.05, 4.69) is 38.2 Å². The minimum atomic E-state index is -4.52. The molecule has 0 spiro atoms. The molecule has 302 valence electrons. The number of rotatable bonds is 39. The van der Waals surface area contributed by atoms with Crippen molar-refractivity contribution in [1.82, 2.24) is 0 Å². The fourth-order valence-corrected chi connectivity index (χ4v) is 6.41. The molecule has 0 aliphatic carbocycles. The lowest BCUT2D eigenvalue weighted by Crippen LogP contribution is -2.37. The van der Waals surface area contributed by atoms with Gasteiger partial charge in [0, 0.05) is 13.0 Å². The van der Waals surface area contributed by atoms with Gasteiger partial charge in [0.1, 0.15) is 19.3 Å². The molecule has 0 heterocycles. The van der Waals surface area contributed by atoms with E-state index in [9.17, 15) is 14.3 Å². The molecular formula is C42H82NO7P. The van der Waals surface area contributed by atoms with Crippen LogP contribution in [-0.2, 0) is 27.9 Å². The van der Waals surface area contributed by atoms with Gasteiger partial charge in [0.05, 0.1) is 34.4 Å². The van der Waals surface area contributed by atoms with Crippen molar-refractivity contribution in [3.8, 4) is 0 Å². The molecule has 0 aliphatic heterocycles. The van der Waals surface area contributed by atoms with E-state index in [1.165, 1.54) is 109 Å². The predicted molar refractivity (Wildman–Crippen MR) is 213 cm³/mol. The van der Waals surface area contributed by atoms with E-state index >= 15 is 0 Å². The fraction of sp³-hybridized carbons (Fsp3) is 0.881. The van der Waals surface area contributed by atoms with Crippen LogP contribution in [0.2, 0.25) is 0 Å². The molecule has 0 bridgehead atoms. The molecule has 2 unspecified atom stereocenters. The number of hydrogen-bond acceptors (Lipinski definition) is 7. The first-order valence-electron chi connectivity index (χ1n) is 21.1. The number of quaternary nitrogens is 1. The first-order chi connectivity index (χ1) is 24.6. The number of allylic oxidation sites excluding steroid dienone is 4. The molecule has 0 fully saturated rings. The number of ether oxygens (including phenoxy) is 2. The monoisotopic (exact) mass is 744 g/mol. The third-order valence-electron chi connectivity index (χ3n) is 9.01. The summed E-state index contributed by atoms with van der Waals surface area (Å²) in [6.45, 7) is 5.36. The van der Waals surface area contributed by atoms with Crippen LogP contribution in [0.5, 0.6) is 0 Å². The molecule has 0 radical (unpaired) electrons. The van der Waals surface area contributed by atoms with Gasteiger partial charge in [-0.1, -0.05) is 160 Å². The lowest BCUT2D eigenvalue weighted by Gasteiger charge is -2.28. The van der Waals surface area contributed by atoms with Crippen molar-refractivity contribution in [2.75, 3.05) is 54.1 Å². The molecular weight excluding hydrogens is 661 g/mol. The topological polar surface area (TPSA) is 94.1 Å². The van der Waals surface area contributed by atoms with Crippen molar-refractivity contribution in [3.63, 3.8) is 0 Å². The highest BCUT2D eigenvalue weighted by molar-refractivity contribution is 7.45. The van der Waals surface area contributed by atoms with Gasteiger partial charge in [-0.3, -0.25) is 9.36 Å². The number of carbonyl (C=O) groups is 1. The SMILES string of the molecule is CCCC/C=C\C/C=C\CCCCCCCCOCC(COP(=O)([O-])OCC[N+](C)(C)C)OC(=O)CCCCCCCCCCCCCCCC. The number of carbonyl (C=O) groups excluding carboxylic acids is 1. The van der Waals surface area contributed by atoms with Gasteiger partial charge in [0.15, 0.2) is 0 Å². The van der Waals surface area contributed by atoms with Gasteiger partial charge < -0.3 is 27.9 Å². The molecule has 0 N–H and O–H groups in total. The van der Waals surface area contributed by atoms with E-state index in [1.807, 2.05) is 21.1 Å². The highest BCUT2D eigenvalue weighted by Gasteiger charge is 2.20. The number of likely N-dealkylation sites (N-methyl/N-ethyl adjacent to an activating group) is 1. The Morgan fingerprint density at radius 1 is 0.608 bits per heavy atom. The van der Waals surface area contributed by atoms with Crippen LogP contribution in [0.15, 0.2) is 24.3 Å². The number of phosphoric ester groups is 1. The summed E-state index contributed by atoms with van der Waals surface area (Å²) in [6, 6.07) is 0. The van der Waals surface area contributed by atoms with Gasteiger partial charge in [0.2, 0.25) is 0 Å². The first kappa shape index (κ1) is 50.0. The predicted octanol–water partition coefficient (Wildman–Crippen LogP) is 11.4. The minimum Gasteiger partial charge on any atom is -0.756 e. The van der Waals surface area contributed by atoms with Crippen molar-refractivity contribution >= 4 is 13.8 Å². The van der Waals surface area contributed by atoms with E-state index in [-0.39, 0.29) is 25.8 Å². The van der Waals surface area contributed by atoms with E-state index in [0.717, 1.165) is 51.4 Å². The Morgan fingerprint density at radius 3 is 1.65 bits per heavy atom. The molecule has 0 aliphatic rings. The Kier molecular flexibility index (Phi) is 35.3. The van der Waals surface area contributed by atoms with Crippen LogP contribution in [0, 0.1) is 0 Å². The largest absolute Gasteiger partial charge is 0.756 e. The highest BCUT2D eigenvalue weighted by Crippen LogP contribution is 2.38. The van der Waals surface area contributed by atoms with Crippen molar-refractivity contribution in [1.29, 1.82) is 0 Å². The lowest BCUT2D eigenvalue weighted by molar-refractivity contribution is -0.870. The first-order valence-corrected chi connectivity index (χ1v) is 22.5. The van der Waals surface area contributed by atoms with Crippen molar-refractivity contribution in [3.05, 3.63) is 24.3 Å². The summed E-state index contributed by atoms with van der Waals surface area (Å²) in [5, 5.41) is 0. The van der Waals surface area contributed by atoms with Gasteiger partial charge in [-0.05, 0) is 38.5 Å². The third-order valence-corrected chi connectivity index (χ3v) is 9.97. The van der Waals surface area contributed by atoms with Crippen LogP contribution in [0.4, 0.5) is 0 Å². The molecule has 0 aromatic carbocycles. The Balaban J connectivity index is 4.26. The maximum atomic E-state index is 12.6. The van der Waals surface area contributed by atoms with Crippen molar-refractivity contribution in [2.24, 2.45) is 0 Å². The van der Waals surface area contributed by atoms with E-state index < -0.39 is 13.9 Å². The number of unbranched alkanes of at least 4 members (excludes halogenated alkanes) is 21. The highest BCUT2D eigenvalue weighted by atomic mass is 31.2. The molecule has 0 saturated carbocycles. The van der Waals surface area contributed by atoms with Crippen LogP contribution in [0.1, 0.15) is 181 Å². The van der Waals surface area contributed by atoms with E-state index in [0.29, 0.717) is 24.1 Å². The second kappa shape index (κ2) is 36.0. The summed E-state index contributed by atoms with van der Waals surface area (Å²) < 4.78 is 34.5. The molecule has 0 amide bonds. The van der Waals surface area contributed by atoms with Crippen LogP contribution in [0.25, 0.3) is 0 Å². The Labute approximate surface area is 315 Å². The van der Waals surface area contributed by atoms with Crippen LogP contribution in [-0.4, -0.2) is 70.7 Å². The average molecular weight is 744 g/mol. The summed E-state index contributed by atoms with van der Waals surface area (Å²) in [5.41, 5.74) is 0. The van der Waals surface area contributed by atoms with E-state index in [4.69, 9.17) is 18.5 Å². The molecule has 2 atom stereocenters. The second-order valence-corrected chi connectivity index (χ2v) is 16.8. The zero-order valence-electron chi connectivity index (χ0n) is 34.1. The minimum absolute atomic E-state index is 0.0256. The molecule has 9 heteroatoms. The number of phosphoric acid groups is 1. The van der Waals surface area contributed by atoms with E-state index in [1.54, 1.807) is 0 Å². The number of hydrogen-bond donors (Lipinski definition) is 0. The normalized spacial score (nSPS) is 14.1. The van der Waals surface area contributed by atoms with Crippen LogP contribution >= 0.6 is 7.82 Å². The zero-order chi connectivity index (χ0) is 37.7. The summed E-state index contributed by atoms with van der Waals surface area (Å²) in [4.78, 5) is 25.0. The summed E-state index contributed by atoms with van der Waals surface area (Å²) >= 11 is 0. The Morgan fingerprint density at radius 2 is 1.10 bits per heavy atom. The molecule has 0 aromatic heterocycles. The lowest BCUT2D eigenvalue weighted by atomic mass is 10.0. The van der Waals surface area contributed by atoms with Crippen molar-refractivity contribution < 1.29 is 37.3 Å². The molecule has 0 rings (SSSR count). The molecule has 8 nitrogen and oxygen atoms in total. The molecule has 51 heavy (non-hydrogen) atoms. The smallest absolute Gasteiger partial charge is 0.306 e. The third kappa shape index (κ3) is 40.0. The summed E-state index contributed by atoms with van der Waals surface area (Å²) in [7, 11) is 1.35. The van der Waals surface area contributed by atoms with Crippen LogP contribution in [0.3, 0.4) is 0 Å². The number of esters is 1. The molecule has 0 saturated heterocycles. The average Bonchev–Trinajstić information content (AvgIpc) is 3.08. The maximum Gasteiger partial charge on any atom is 0.306 e. The van der Waals surface area contributed by atoms with Gasteiger partial charge >= 0.3 is 5.97 Å². The summed E-state index contributed by atoms with van der Waals surface area (Å²) in [5.74, 6) is -0.337.